The molecule has 0 bridgehead atoms. The predicted octanol–water partition coefficient (Wildman–Crippen LogP) is -0.309. The average molecular weight is 329 g/mol. The van der Waals surface area contributed by atoms with Crippen LogP contribution >= 0.6 is 0 Å². The molecule has 1 atom stereocenters. The van der Waals surface area contributed by atoms with Crippen LogP contribution < -0.4 is 16.4 Å². The van der Waals surface area contributed by atoms with Crippen molar-refractivity contribution in [2.24, 2.45) is 5.73 Å². The van der Waals surface area contributed by atoms with Crippen LogP contribution in [0.5, 0.6) is 0 Å². The number of nitrogens with one attached hydrogen (secondary N) is 2. The molecule has 22 heavy (non-hydrogen) atoms. The normalized spacial score (nSPS) is 12.5. The lowest BCUT2D eigenvalue weighted by molar-refractivity contribution is -0.138. The summed E-state index contributed by atoms with van der Waals surface area (Å²) < 4.78 is 22.6. The minimum atomic E-state index is -3.24. The molecule has 0 heterocycles. The third-order valence-corrected chi connectivity index (χ3v) is 3.99. The van der Waals surface area contributed by atoms with Gasteiger partial charge < -0.3 is 21.5 Å². The fraction of sp³-hybridized carbons (Fsp3) is 0.385. The second kappa shape index (κ2) is 7.76. The van der Waals surface area contributed by atoms with Gasteiger partial charge in [-0.15, -0.1) is 0 Å². The van der Waals surface area contributed by atoms with Crippen molar-refractivity contribution in [3.63, 3.8) is 0 Å². The van der Waals surface area contributed by atoms with Crippen molar-refractivity contribution < 1.29 is 23.1 Å². The number of hydrogen-bond donors (Lipinski definition) is 4. The summed E-state index contributed by atoms with van der Waals surface area (Å²) in [6.45, 7) is 0.368. The summed E-state index contributed by atoms with van der Waals surface area (Å²) in [5, 5.41) is 13.6. The number of sulfone groups is 1. The van der Waals surface area contributed by atoms with E-state index in [2.05, 4.69) is 10.6 Å². The summed E-state index contributed by atoms with van der Waals surface area (Å²) in [5.41, 5.74) is 6.04. The molecule has 8 nitrogen and oxygen atoms in total. The summed E-state index contributed by atoms with van der Waals surface area (Å²) in [7, 11) is -3.24. The second-order valence-electron chi connectivity index (χ2n) is 4.76. The molecule has 1 aromatic carbocycles. The lowest BCUT2D eigenvalue weighted by atomic mass is 10.2. The van der Waals surface area contributed by atoms with Crippen molar-refractivity contribution >= 4 is 21.8 Å². The molecule has 0 aliphatic carbocycles. The first-order chi connectivity index (χ1) is 10.2. The number of carboxylic acid groups (broad SMARTS) is 1. The number of carbonyl (C=O) groups excluding carboxylic acids is 1. The molecule has 2 amide bonds. The Hall–Kier alpha value is -2.13. The number of rotatable bonds is 7. The van der Waals surface area contributed by atoms with Gasteiger partial charge in [-0.1, -0.05) is 12.1 Å². The third-order valence-electron chi connectivity index (χ3n) is 2.86. The van der Waals surface area contributed by atoms with Gasteiger partial charge in [-0.2, -0.15) is 0 Å². The molecule has 1 rings (SSSR count). The van der Waals surface area contributed by atoms with Crippen molar-refractivity contribution in [1.82, 2.24) is 10.6 Å². The summed E-state index contributed by atoms with van der Waals surface area (Å²) in [6.07, 6.45) is 1.25. The molecule has 0 aliphatic rings. The molecule has 0 aliphatic heterocycles. The van der Waals surface area contributed by atoms with Gasteiger partial charge in [0, 0.05) is 19.3 Å². The van der Waals surface area contributed by atoms with Crippen LogP contribution in [0.4, 0.5) is 4.79 Å². The minimum Gasteiger partial charge on any atom is -0.480 e. The molecule has 0 fully saturated rings. The highest BCUT2D eigenvalue weighted by Gasteiger charge is 2.11. The van der Waals surface area contributed by atoms with Crippen molar-refractivity contribution in [1.29, 1.82) is 0 Å². The highest BCUT2D eigenvalue weighted by Crippen LogP contribution is 2.09. The van der Waals surface area contributed by atoms with Gasteiger partial charge in [0.05, 0.1) is 4.90 Å². The van der Waals surface area contributed by atoms with Gasteiger partial charge in [-0.05, 0) is 24.1 Å². The molecule has 0 unspecified atom stereocenters. The quantitative estimate of drug-likeness (QED) is 0.541. The van der Waals surface area contributed by atoms with E-state index in [1.807, 2.05) is 0 Å². The molecule has 5 N–H and O–H groups in total. The van der Waals surface area contributed by atoms with Crippen LogP contribution in [-0.4, -0.2) is 44.4 Å². The smallest absolute Gasteiger partial charge is 0.320 e. The van der Waals surface area contributed by atoms with Gasteiger partial charge >= 0.3 is 12.0 Å². The monoisotopic (exact) mass is 329 g/mol. The van der Waals surface area contributed by atoms with Crippen LogP contribution in [0.15, 0.2) is 29.2 Å². The van der Waals surface area contributed by atoms with Gasteiger partial charge in [0.15, 0.2) is 9.84 Å². The zero-order valence-electron chi connectivity index (χ0n) is 12.1. The van der Waals surface area contributed by atoms with Gasteiger partial charge in [0.1, 0.15) is 6.04 Å². The summed E-state index contributed by atoms with van der Waals surface area (Å²) in [4.78, 5) is 22.2. The van der Waals surface area contributed by atoms with Crippen LogP contribution in [0.3, 0.4) is 0 Å². The number of carboxylic acids is 1. The summed E-state index contributed by atoms with van der Waals surface area (Å²) in [6, 6.07) is 4.69. The SMILES string of the molecule is CS(=O)(=O)c1ccc(CNC(=O)NCC[C@H](N)C(=O)O)cc1. The maximum absolute atomic E-state index is 11.5. The summed E-state index contributed by atoms with van der Waals surface area (Å²) in [5.74, 6) is -1.12. The number of aliphatic carboxylic acids is 1. The Morgan fingerprint density at radius 2 is 1.82 bits per heavy atom. The lowest BCUT2D eigenvalue weighted by Gasteiger charge is -2.09. The van der Waals surface area contributed by atoms with Crippen molar-refractivity contribution in [2.45, 2.75) is 23.9 Å². The minimum absolute atomic E-state index is 0.131. The molecular weight excluding hydrogens is 310 g/mol. The van der Waals surface area contributed by atoms with Gasteiger partial charge in [0.25, 0.3) is 0 Å². The average Bonchev–Trinajstić information content (AvgIpc) is 2.44. The van der Waals surface area contributed by atoms with Crippen molar-refractivity contribution in [2.75, 3.05) is 12.8 Å². The van der Waals surface area contributed by atoms with Crippen LogP contribution in [0.1, 0.15) is 12.0 Å². The third kappa shape index (κ3) is 6.10. The Bertz CT molecular complexity index is 628. The maximum Gasteiger partial charge on any atom is 0.320 e. The van der Waals surface area contributed by atoms with E-state index in [1.54, 1.807) is 12.1 Å². The fourth-order valence-corrected chi connectivity index (χ4v) is 2.19. The van der Waals surface area contributed by atoms with Crippen LogP contribution in [-0.2, 0) is 21.2 Å². The molecular formula is C13H19N3O5S. The maximum atomic E-state index is 11.5. The fourth-order valence-electron chi connectivity index (χ4n) is 1.56. The lowest BCUT2D eigenvalue weighted by Crippen LogP contribution is -2.39. The number of amides is 2. The van der Waals surface area contributed by atoms with Crippen LogP contribution in [0.25, 0.3) is 0 Å². The molecule has 0 saturated heterocycles. The van der Waals surface area contributed by atoms with E-state index in [4.69, 9.17) is 10.8 Å². The number of urea groups is 1. The van der Waals surface area contributed by atoms with E-state index >= 15 is 0 Å². The van der Waals surface area contributed by atoms with Gasteiger partial charge in [-0.3, -0.25) is 4.79 Å². The predicted molar refractivity (Wildman–Crippen MR) is 80.0 cm³/mol. The first-order valence-corrected chi connectivity index (χ1v) is 8.38. The van der Waals surface area contributed by atoms with Gasteiger partial charge in [-0.25, -0.2) is 13.2 Å². The van der Waals surface area contributed by atoms with Crippen LogP contribution in [0.2, 0.25) is 0 Å². The molecule has 0 radical (unpaired) electrons. The van der Waals surface area contributed by atoms with E-state index in [1.165, 1.54) is 12.1 Å². The highest BCUT2D eigenvalue weighted by atomic mass is 32.2. The molecule has 9 heteroatoms. The molecule has 0 saturated carbocycles. The first kappa shape index (κ1) is 17.9. The van der Waals surface area contributed by atoms with E-state index in [0.29, 0.717) is 0 Å². The number of nitrogens with two attached hydrogens (primary N) is 1. The molecule has 0 spiro atoms. The zero-order chi connectivity index (χ0) is 16.8. The van der Waals surface area contributed by atoms with Crippen LogP contribution in [0, 0.1) is 0 Å². The van der Waals surface area contributed by atoms with Gasteiger partial charge in [0.2, 0.25) is 0 Å². The number of carbonyl (C=O) groups is 2. The number of benzene rings is 1. The molecule has 0 aromatic heterocycles. The Morgan fingerprint density at radius 3 is 2.32 bits per heavy atom. The van der Waals surface area contributed by atoms with E-state index in [0.717, 1.165) is 11.8 Å². The highest BCUT2D eigenvalue weighted by molar-refractivity contribution is 7.90. The van der Waals surface area contributed by atoms with E-state index in [-0.39, 0.29) is 24.4 Å². The Morgan fingerprint density at radius 1 is 1.23 bits per heavy atom. The van der Waals surface area contributed by atoms with E-state index in [9.17, 15) is 18.0 Å². The molecule has 122 valence electrons. The zero-order valence-corrected chi connectivity index (χ0v) is 12.9. The van der Waals surface area contributed by atoms with E-state index < -0.39 is 27.9 Å². The second-order valence-corrected chi connectivity index (χ2v) is 6.77. The largest absolute Gasteiger partial charge is 0.480 e. The standard InChI is InChI=1S/C13H19N3O5S/c1-22(20,21)10-4-2-9(3-5-10)8-16-13(19)15-7-6-11(14)12(17)18/h2-5,11H,6-8,14H2,1H3,(H,17,18)(H2,15,16,19)/t11-/m0/s1. The Kier molecular flexibility index (Phi) is 6.32. The number of hydrogen-bond acceptors (Lipinski definition) is 5. The topological polar surface area (TPSA) is 139 Å². The van der Waals surface area contributed by atoms with Crippen molar-refractivity contribution in [3.8, 4) is 0 Å². The Labute approximate surface area is 128 Å². The first-order valence-electron chi connectivity index (χ1n) is 6.49. The molecule has 1 aromatic rings. The summed E-state index contributed by atoms with van der Waals surface area (Å²) >= 11 is 0. The Balaban J connectivity index is 2.37. The van der Waals surface area contributed by atoms with Crippen molar-refractivity contribution in [3.05, 3.63) is 29.8 Å².